The van der Waals surface area contributed by atoms with E-state index < -0.39 is 0 Å². The normalized spacial score (nSPS) is 29.5. The summed E-state index contributed by atoms with van der Waals surface area (Å²) in [6.07, 6.45) is 6.16. The predicted octanol–water partition coefficient (Wildman–Crippen LogP) is 2.89. The van der Waals surface area contributed by atoms with Gasteiger partial charge in [0.1, 0.15) is 5.82 Å². The van der Waals surface area contributed by atoms with E-state index in [1.54, 1.807) is 17.8 Å². The monoisotopic (exact) mass is 279 g/mol. The van der Waals surface area contributed by atoms with Crippen LogP contribution in [0.5, 0.6) is 0 Å². The molecule has 2 aliphatic rings. The maximum absolute atomic E-state index is 13.4. The molecule has 2 N–H and O–H groups in total. The first-order valence-electron chi connectivity index (χ1n) is 6.74. The minimum absolute atomic E-state index is 0.164. The van der Waals surface area contributed by atoms with Crippen LogP contribution in [0.2, 0.25) is 0 Å². The highest BCUT2D eigenvalue weighted by Crippen LogP contribution is 2.37. The number of thioether (sulfide) groups is 1. The molecule has 0 spiro atoms. The van der Waals surface area contributed by atoms with E-state index >= 15 is 0 Å². The summed E-state index contributed by atoms with van der Waals surface area (Å²) in [5, 5.41) is 12.7. The van der Waals surface area contributed by atoms with Gasteiger partial charge in [0.15, 0.2) is 0 Å². The summed E-state index contributed by atoms with van der Waals surface area (Å²) in [6, 6.07) is 5.58. The van der Waals surface area contributed by atoms with E-state index in [-0.39, 0.29) is 24.4 Å². The van der Waals surface area contributed by atoms with Crippen LogP contribution in [0.25, 0.3) is 0 Å². The number of nitrogens with one attached hydrogen (secondary N) is 1. The zero-order chi connectivity index (χ0) is 13.2. The van der Waals surface area contributed by atoms with Crippen molar-refractivity contribution in [1.29, 1.82) is 0 Å². The first-order valence-corrected chi connectivity index (χ1v) is 7.72. The van der Waals surface area contributed by atoms with Gasteiger partial charge in [-0.1, -0.05) is 12.2 Å². The van der Waals surface area contributed by atoms with E-state index in [0.29, 0.717) is 6.04 Å². The number of hydrogen-bond acceptors (Lipinski definition) is 3. The van der Waals surface area contributed by atoms with Crippen molar-refractivity contribution in [3.8, 4) is 0 Å². The Labute approximate surface area is 117 Å². The molecule has 0 saturated heterocycles. The molecule has 102 valence electrons. The molecule has 1 aliphatic carbocycles. The molecule has 0 saturated carbocycles. The van der Waals surface area contributed by atoms with Gasteiger partial charge in [-0.25, -0.2) is 4.39 Å². The Bertz CT molecular complexity index is 491. The minimum atomic E-state index is -0.164. The van der Waals surface area contributed by atoms with Crippen molar-refractivity contribution in [2.75, 3.05) is 12.4 Å². The molecule has 3 atom stereocenters. The summed E-state index contributed by atoms with van der Waals surface area (Å²) < 4.78 is 13.4. The molecule has 4 heteroatoms. The second-order valence-corrected chi connectivity index (χ2v) is 6.35. The fraction of sp³-hybridized carbons (Fsp3) is 0.467. The van der Waals surface area contributed by atoms with Gasteiger partial charge in [-0.15, -0.1) is 11.8 Å². The van der Waals surface area contributed by atoms with Crippen LogP contribution in [0.15, 0.2) is 35.2 Å². The predicted molar refractivity (Wildman–Crippen MR) is 75.7 cm³/mol. The summed E-state index contributed by atoms with van der Waals surface area (Å²) in [5.74, 6) is 1.17. The lowest BCUT2D eigenvalue weighted by Crippen LogP contribution is -2.32. The maximum atomic E-state index is 13.4. The van der Waals surface area contributed by atoms with Gasteiger partial charge in [-0.2, -0.15) is 0 Å². The average molecular weight is 279 g/mol. The van der Waals surface area contributed by atoms with Gasteiger partial charge < -0.3 is 10.4 Å². The van der Waals surface area contributed by atoms with Crippen molar-refractivity contribution >= 4 is 11.8 Å². The van der Waals surface area contributed by atoms with Crippen molar-refractivity contribution in [3.63, 3.8) is 0 Å². The van der Waals surface area contributed by atoms with Crippen LogP contribution in [0.4, 0.5) is 4.39 Å². The van der Waals surface area contributed by atoms with Crippen LogP contribution in [-0.2, 0) is 0 Å². The Morgan fingerprint density at radius 1 is 1.37 bits per heavy atom. The number of fused-ring (bicyclic) bond motifs is 1. The van der Waals surface area contributed by atoms with Crippen LogP contribution in [0.3, 0.4) is 0 Å². The third-order valence-electron chi connectivity index (χ3n) is 3.83. The van der Waals surface area contributed by atoms with Crippen molar-refractivity contribution in [2.24, 2.45) is 5.92 Å². The third-order valence-corrected chi connectivity index (χ3v) is 4.96. The molecule has 2 nitrogen and oxygen atoms in total. The first-order chi connectivity index (χ1) is 9.26. The van der Waals surface area contributed by atoms with E-state index in [0.717, 1.165) is 24.2 Å². The molecule has 1 aliphatic heterocycles. The topological polar surface area (TPSA) is 32.3 Å². The first kappa shape index (κ1) is 13.2. The van der Waals surface area contributed by atoms with E-state index in [4.69, 9.17) is 5.11 Å². The van der Waals surface area contributed by atoms with Crippen LogP contribution in [0.1, 0.15) is 24.4 Å². The molecular weight excluding hydrogens is 261 g/mol. The highest BCUT2D eigenvalue weighted by Gasteiger charge is 2.25. The molecule has 0 amide bonds. The second-order valence-electron chi connectivity index (χ2n) is 5.21. The van der Waals surface area contributed by atoms with Crippen molar-refractivity contribution in [3.05, 3.63) is 41.7 Å². The van der Waals surface area contributed by atoms with E-state index in [2.05, 4.69) is 17.5 Å². The Balaban J connectivity index is 1.73. The highest BCUT2D eigenvalue weighted by molar-refractivity contribution is 7.99. The molecule has 0 aromatic heterocycles. The minimum Gasteiger partial charge on any atom is -0.396 e. The molecular formula is C15H18FNOS. The number of benzene rings is 1. The maximum Gasteiger partial charge on any atom is 0.123 e. The molecule has 1 aromatic carbocycles. The zero-order valence-corrected chi connectivity index (χ0v) is 11.5. The van der Waals surface area contributed by atoms with E-state index in [9.17, 15) is 4.39 Å². The largest absolute Gasteiger partial charge is 0.396 e. The molecule has 1 unspecified atom stereocenters. The third kappa shape index (κ3) is 2.86. The van der Waals surface area contributed by atoms with Crippen LogP contribution < -0.4 is 5.32 Å². The van der Waals surface area contributed by atoms with Crippen molar-refractivity contribution in [1.82, 2.24) is 5.32 Å². The van der Waals surface area contributed by atoms with Gasteiger partial charge in [-0.3, -0.25) is 0 Å². The molecule has 1 heterocycles. The lowest BCUT2D eigenvalue weighted by molar-refractivity contribution is 0.244. The Morgan fingerprint density at radius 3 is 3.05 bits per heavy atom. The van der Waals surface area contributed by atoms with E-state index in [1.165, 1.54) is 11.0 Å². The fourth-order valence-electron chi connectivity index (χ4n) is 2.83. The second kappa shape index (κ2) is 5.65. The lowest BCUT2D eigenvalue weighted by Gasteiger charge is -2.28. The number of halogens is 1. The summed E-state index contributed by atoms with van der Waals surface area (Å²) in [4.78, 5) is 1.19. The summed E-state index contributed by atoms with van der Waals surface area (Å²) in [7, 11) is 0. The van der Waals surface area contributed by atoms with Crippen LogP contribution in [-0.4, -0.2) is 23.5 Å². The number of rotatable bonds is 3. The van der Waals surface area contributed by atoms with Gasteiger partial charge in [0.05, 0.1) is 0 Å². The van der Waals surface area contributed by atoms with Crippen LogP contribution >= 0.6 is 11.8 Å². The average Bonchev–Trinajstić information content (AvgIpc) is 2.87. The van der Waals surface area contributed by atoms with Crippen molar-refractivity contribution in [2.45, 2.75) is 29.8 Å². The molecule has 0 fully saturated rings. The summed E-state index contributed by atoms with van der Waals surface area (Å²) in [6.45, 7) is 0.209. The van der Waals surface area contributed by atoms with Gasteiger partial charge in [0.2, 0.25) is 0 Å². The summed E-state index contributed by atoms with van der Waals surface area (Å²) >= 11 is 1.80. The molecule has 3 rings (SSSR count). The molecule has 19 heavy (non-hydrogen) atoms. The highest BCUT2D eigenvalue weighted by atomic mass is 32.2. The SMILES string of the molecule is OC[C@H]1C=C[C@@H](NC2CCSc3ccc(F)cc32)C1. The fourth-order valence-corrected chi connectivity index (χ4v) is 3.94. The van der Waals surface area contributed by atoms with E-state index in [1.807, 2.05) is 6.07 Å². The lowest BCUT2D eigenvalue weighted by atomic mass is 10.0. The van der Waals surface area contributed by atoms with Gasteiger partial charge >= 0.3 is 0 Å². The number of aliphatic hydroxyl groups excluding tert-OH is 1. The molecule has 1 aromatic rings. The Morgan fingerprint density at radius 2 is 2.26 bits per heavy atom. The Kier molecular flexibility index (Phi) is 3.91. The van der Waals surface area contributed by atoms with Gasteiger partial charge in [0, 0.05) is 29.5 Å². The van der Waals surface area contributed by atoms with Gasteiger partial charge in [0.25, 0.3) is 0 Å². The quantitative estimate of drug-likeness (QED) is 0.835. The number of hydrogen-bond donors (Lipinski definition) is 2. The van der Waals surface area contributed by atoms with Crippen LogP contribution in [0, 0.1) is 11.7 Å². The van der Waals surface area contributed by atoms with Gasteiger partial charge in [-0.05, 0) is 42.4 Å². The smallest absolute Gasteiger partial charge is 0.123 e. The van der Waals surface area contributed by atoms with Crippen molar-refractivity contribution < 1.29 is 9.50 Å². The molecule has 0 radical (unpaired) electrons. The number of aliphatic hydroxyl groups is 1. The summed E-state index contributed by atoms with van der Waals surface area (Å²) in [5.41, 5.74) is 1.08. The standard InChI is InChI=1S/C15H18FNOS/c16-11-2-4-15-13(8-11)14(5-6-19-15)17-12-3-1-10(7-12)9-18/h1-4,8,10,12,14,17-18H,5-7,9H2/t10-,12+,14?/m0/s1. The molecule has 0 bridgehead atoms. The Hall–Kier alpha value is -0.840. The zero-order valence-electron chi connectivity index (χ0n) is 10.7.